The second-order valence-corrected chi connectivity index (χ2v) is 6.90. The highest BCUT2D eigenvalue weighted by molar-refractivity contribution is 8.15. The predicted molar refractivity (Wildman–Crippen MR) is 90.1 cm³/mol. The van der Waals surface area contributed by atoms with Crippen molar-refractivity contribution < 1.29 is 4.79 Å². The molecule has 2 heterocycles. The molecule has 0 saturated heterocycles. The second kappa shape index (κ2) is 6.45. The van der Waals surface area contributed by atoms with Crippen LogP contribution in [0.25, 0.3) is 0 Å². The molecule has 1 amide bonds. The first-order valence-corrected chi connectivity index (χ1v) is 8.66. The van der Waals surface area contributed by atoms with E-state index in [9.17, 15) is 4.79 Å². The minimum Gasteiger partial charge on any atom is -0.350 e. The summed E-state index contributed by atoms with van der Waals surface area (Å²) in [5.41, 5.74) is 2.34. The van der Waals surface area contributed by atoms with Crippen LogP contribution in [0.5, 0.6) is 0 Å². The van der Waals surface area contributed by atoms with Crippen molar-refractivity contribution in [1.82, 2.24) is 5.32 Å². The predicted octanol–water partition coefficient (Wildman–Crippen LogP) is 3.23. The third-order valence-corrected chi connectivity index (χ3v) is 5.36. The molecule has 0 spiro atoms. The highest BCUT2D eigenvalue weighted by atomic mass is 32.2. The number of carbonyl (C=O) groups is 1. The second-order valence-electron chi connectivity index (χ2n) is 4.94. The molecule has 21 heavy (non-hydrogen) atoms. The van der Waals surface area contributed by atoms with Gasteiger partial charge >= 0.3 is 0 Å². The van der Waals surface area contributed by atoms with Crippen LogP contribution in [-0.4, -0.2) is 22.7 Å². The number of rotatable bonds is 4. The Balaban J connectivity index is 1.58. The zero-order valence-corrected chi connectivity index (χ0v) is 13.3. The Labute approximate surface area is 132 Å². The normalized spacial score (nSPS) is 17.6. The Kier molecular flexibility index (Phi) is 4.41. The molecule has 3 nitrogen and oxygen atoms in total. The van der Waals surface area contributed by atoms with Gasteiger partial charge in [-0.05, 0) is 23.9 Å². The number of aliphatic imine (C=N–C) groups is 1. The number of carbonyl (C=O) groups excluding carboxylic acids is 1. The van der Waals surface area contributed by atoms with Crippen molar-refractivity contribution in [3.05, 3.63) is 57.8 Å². The van der Waals surface area contributed by atoms with Gasteiger partial charge in [-0.15, -0.1) is 23.1 Å². The van der Waals surface area contributed by atoms with E-state index in [-0.39, 0.29) is 11.9 Å². The highest BCUT2D eigenvalue weighted by Gasteiger charge is 2.25. The fraction of sp³-hybridized carbons (Fsp3) is 0.250. The van der Waals surface area contributed by atoms with Crippen LogP contribution in [-0.2, 0) is 11.3 Å². The van der Waals surface area contributed by atoms with Crippen LogP contribution >= 0.6 is 23.1 Å². The lowest BCUT2D eigenvalue weighted by Gasteiger charge is -2.08. The Morgan fingerprint density at radius 3 is 2.86 bits per heavy atom. The van der Waals surface area contributed by atoms with Gasteiger partial charge in [0.05, 0.1) is 4.88 Å². The molecular weight excluding hydrogens is 300 g/mol. The van der Waals surface area contributed by atoms with E-state index in [1.807, 2.05) is 29.6 Å². The lowest BCUT2D eigenvalue weighted by molar-refractivity contribution is -0.121. The molecule has 0 radical (unpaired) electrons. The van der Waals surface area contributed by atoms with Gasteiger partial charge < -0.3 is 5.32 Å². The van der Waals surface area contributed by atoms with E-state index < -0.39 is 0 Å². The molecule has 1 aromatic heterocycles. The molecule has 1 aliphatic heterocycles. The Morgan fingerprint density at radius 1 is 1.33 bits per heavy atom. The quantitative estimate of drug-likeness (QED) is 0.941. The van der Waals surface area contributed by atoms with Gasteiger partial charge in [0.25, 0.3) is 0 Å². The smallest absolute Gasteiger partial charge is 0.245 e. The van der Waals surface area contributed by atoms with E-state index in [0.29, 0.717) is 6.54 Å². The van der Waals surface area contributed by atoms with Crippen LogP contribution < -0.4 is 5.32 Å². The van der Waals surface area contributed by atoms with Crippen molar-refractivity contribution >= 4 is 34.0 Å². The summed E-state index contributed by atoms with van der Waals surface area (Å²) in [6.45, 7) is 2.61. The first-order valence-electron chi connectivity index (χ1n) is 6.80. The maximum atomic E-state index is 12.2. The van der Waals surface area contributed by atoms with E-state index in [1.54, 1.807) is 23.1 Å². The first-order chi connectivity index (χ1) is 10.2. The van der Waals surface area contributed by atoms with Gasteiger partial charge in [0, 0.05) is 12.3 Å². The largest absolute Gasteiger partial charge is 0.350 e. The molecule has 0 bridgehead atoms. The third-order valence-electron chi connectivity index (χ3n) is 3.27. The van der Waals surface area contributed by atoms with Gasteiger partial charge in [-0.1, -0.05) is 35.9 Å². The molecule has 1 aliphatic rings. The average Bonchev–Trinajstić information content (AvgIpc) is 3.17. The molecule has 1 unspecified atom stereocenters. The monoisotopic (exact) mass is 316 g/mol. The average molecular weight is 316 g/mol. The zero-order chi connectivity index (χ0) is 14.7. The zero-order valence-electron chi connectivity index (χ0n) is 11.7. The van der Waals surface area contributed by atoms with Crippen molar-refractivity contribution in [2.45, 2.75) is 19.5 Å². The van der Waals surface area contributed by atoms with Crippen LogP contribution in [0.2, 0.25) is 0 Å². The van der Waals surface area contributed by atoms with E-state index in [1.165, 1.54) is 5.56 Å². The summed E-state index contributed by atoms with van der Waals surface area (Å²) < 4.78 is 0. The van der Waals surface area contributed by atoms with Crippen molar-refractivity contribution in [3.8, 4) is 0 Å². The number of nitrogens with one attached hydrogen (secondary N) is 1. The summed E-state index contributed by atoms with van der Waals surface area (Å²) in [4.78, 5) is 17.9. The maximum absolute atomic E-state index is 12.2. The van der Waals surface area contributed by atoms with Crippen molar-refractivity contribution in [2.24, 2.45) is 4.99 Å². The number of thioether (sulfide) groups is 1. The van der Waals surface area contributed by atoms with Crippen LogP contribution in [0.15, 0.2) is 46.8 Å². The van der Waals surface area contributed by atoms with E-state index >= 15 is 0 Å². The number of hydrogen-bond donors (Lipinski definition) is 1. The van der Waals surface area contributed by atoms with Gasteiger partial charge in [-0.25, -0.2) is 0 Å². The van der Waals surface area contributed by atoms with Gasteiger partial charge in [0.2, 0.25) is 5.91 Å². The van der Waals surface area contributed by atoms with Crippen LogP contribution in [0, 0.1) is 6.92 Å². The van der Waals surface area contributed by atoms with Crippen LogP contribution in [0.1, 0.15) is 16.0 Å². The summed E-state index contributed by atoms with van der Waals surface area (Å²) in [6, 6.07) is 12.0. The molecule has 0 aliphatic carbocycles. The number of nitrogens with zero attached hydrogens (tertiary/aromatic N) is 1. The van der Waals surface area contributed by atoms with Gasteiger partial charge in [0.15, 0.2) is 0 Å². The van der Waals surface area contributed by atoms with Gasteiger partial charge in [0.1, 0.15) is 11.1 Å². The fourth-order valence-electron chi connectivity index (χ4n) is 2.06. The van der Waals surface area contributed by atoms with Crippen molar-refractivity contribution in [1.29, 1.82) is 0 Å². The molecular formula is C16H16N2OS2. The Morgan fingerprint density at radius 2 is 2.14 bits per heavy atom. The molecule has 1 aromatic carbocycles. The summed E-state index contributed by atoms with van der Waals surface area (Å²) in [7, 11) is 0. The van der Waals surface area contributed by atoms with E-state index in [2.05, 4.69) is 29.4 Å². The maximum Gasteiger partial charge on any atom is 0.245 e. The third kappa shape index (κ3) is 3.54. The summed E-state index contributed by atoms with van der Waals surface area (Å²) >= 11 is 3.32. The Hall–Kier alpha value is -1.59. The SMILES string of the molecule is Cc1ccc(CNC(=O)C2CSC(c3cccs3)=N2)cc1. The fourth-order valence-corrected chi connectivity index (χ4v) is 3.95. The number of amides is 1. The molecule has 3 rings (SSSR count). The van der Waals surface area contributed by atoms with Crippen molar-refractivity contribution in [3.63, 3.8) is 0 Å². The number of aryl methyl sites for hydroxylation is 1. The number of thiophene rings is 1. The summed E-state index contributed by atoms with van der Waals surface area (Å²) in [5.74, 6) is 0.738. The Bertz CT molecular complexity index is 647. The minimum atomic E-state index is -0.266. The lowest BCUT2D eigenvalue weighted by Crippen LogP contribution is -2.33. The summed E-state index contributed by atoms with van der Waals surface area (Å²) in [6.07, 6.45) is 0. The molecule has 5 heteroatoms. The first kappa shape index (κ1) is 14.4. The standard InChI is InChI=1S/C16H16N2OS2/c1-11-4-6-12(7-5-11)9-17-15(19)13-10-21-16(18-13)14-3-2-8-20-14/h2-8,13H,9-10H2,1H3,(H,17,19). The molecule has 108 valence electrons. The highest BCUT2D eigenvalue weighted by Crippen LogP contribution is 2.26. The van der Waals surface area contributed by atoms with E-state index in [4.69, 9.17) is 0 Å². The topological polar surface area (TPSA) is 41.5 Å². The van der Waals surface area contributed by atoms with Crippen LogP contribution in [0.3, 0.4) is 0 Å². The van der Waals surface area contributed by atoms with Crippen LogP contribution in [0.4, 0.5) is 0 Å². The van der Waals surface area contributed by atoms with Crippen molar-refractivity contribution in [2.75, 3.05) is 5.75 Å². The van der Waals surface area contributed by atoms with Gasteiger partial charge in [-0.2, -0.15) is 0 Å². The minimum absolute atomic E-state index is 0.00892. The molecule has 1 N–H and O–H groups in total. The van der Waals surface area contributed by atoms with E-state index in [0.717, 1.165) is 21.2 Å². The number of benzene rings is 1. The van der Waals surface area contributed by atoms with Gasteiger partial charge in [-0.3, -0.25) is 9.79 Å². The molecule has 2 aromatic rings. The number of hydrogen-bond acceptors (Lipinski definition) is 4. The summed E-state index contributed by atoms with van der Waals surface area (Å²) in [5, 5.41) is 5.99. The lowest BCUT2D eigenvalue weighted by atomic mass is 10.1. The molecule has 1 atom stereocenters. The molecule has 0 fully saturated rings. The molecule has 0 saturated carbocycles.